The molecule has 2 nitrogen and oxygen atoms in total. The summed E-state index contributed by atoms with van der Waals surface area (Å²) in [6, 6.07) is -0.000000000000000444. The van der Waals surface area contributed by atoms with Crippen LogP contribution in [-0.2, 0) is 4.79 Å². The van der Waals surface area contributed by atoms with E-state index in [1.54, 1.807) is 0 Å². The maximum Gasteiger partial charge on any atom is 0.153 e. The smallest absolute Gasteiger partial charge is 0.153 e. The maximum atomic E-state index is 11.6. The molecule has 0 fully saturated rings. The normalized spacial score (nSPS) is 13.9. The molecule has 0 aromatic carbocycles. The third-order valence-electron chi connectivity index (χ3n) is 1.79. The van der Waals surface area contributed by atoms with E-state index < -0.39 is 0 Å². The SMILES string of the molecule is CSNC(C(=O)C(C)C)C(C)C. The molecule has 0 aliphatic rings. The first-order valence-electron chi connectivity index (χ1n) is 4.33. The molecular formula is C9H19NOS. The quantitative estimate of drug-likeness (QED) is 0.672. The molecule has 1 N–H and O–H groups in total. The van der Waals surface area contributed by atoms with E-state index in [0.717, 1.165) is 0 Å². The van der Waals surface area contributed by atoms with E-state index in [1.807, 2.05) is 20.1 Å². The van der Waals surface area contributed by atoms with Crippen LogP contribution >= 0.6 is 11.9 Å². The third kappa shape index (κ3) is 3.59. The van der Waals surface area contributed by atoms with Gasteiger partial charge in [-0.05, 0) is 12.2 Å². The molecule has 0 bridgehead atoms. The van der Waals surface area contributed by atoms with Crippen LogP contribution in [0.2, 0.25) is 0 Å². The van der Waals surface area contributed by atoms with Crippen LogP contribution in [-0.4, -0.2) is 18.1 Å². The van der Waals surface area contributed by atoms with Crippen molar-refractivity contribution in [1.29, 1.82) is 0 Å². The summed E-state index contributed by atoms with van der Waals surface area (Å²) in [5.41, 5.74) is 0. The topological polar surface area (TPSA) is 29.1 Å². The van der Waals surface area contributed by atoms with Crippen molar-refractivity contribution in [2.75, 3.05) is 6.26 Å². The number of Topliss-reactive ketones (excluding diaryl/α,β-unsaturated/α-hetero) is 1. The summed E-state index contributed by atoms with van der Waals surface area (Å²) in [6.45, 7) is 8.02. The summed E-state index contributed by atoms with van der Waals surface area (Å²) in [6.07, 6.45) is 1.95. The number of carbonyl (C=O) groups is 1. The fraction of sp³-hybridized carbons (Fsp3) is 0.889. The van der Waals surface area contributed by atoms with Crippen molar-refractivity contribution in [1.82, 2.24) is 4.72 Å². The van der Waals surface area contributed by atoms with Crippen molar-refractivity contribution in [3.05, 3.63) is 0 Å². The first-order valence-corrected chi connectivity index (χ1v) is 5.55. The number of rotatable bonds is 5. The lowest BCUT2D eigenvalue weighted by Crippen LogP contribution is -2.39. The van der Waals surface area contributed by atoms with E-state index in [0.29, 0.717) is 11.7 Å². The Hall–Kier alpha value is -0.0200. The van der Waals surface area contributed by atoms with Gasteiger partial charge in [-0.2, -0.15) is 0 Å². The second-order valence-corrected chi connectivity index (χ2v) is 4.24. The minimum absolute atomic E-state index is 0.000000000000000444. The molecule has 0 spiro atoms. The van der Waals surface area contributed by atoms with E-state index in [1.165, 1.54) is 11.9 Å². The van der Waals surface area contributed by atoms with E-state index >= 15 is 0 Å². The van der Waals surface area contributed by atoms with Crippen LogP contribution < -0.4 is 4.72 Å². The molecule has 0 saturated heterocycles. The van der Waals surface area contributed by atoms with Crippen LogP contribution in [0, 0.1) is 11.8 Å². The van der Waals surface area contributed by atoms with Gasteiger partial charge in [-0.25, -0.2) is 0 Å². The number of ketones is 1. The van der Waals surface area contributed by atoms with Gasteiger partial charge in [0.25, 0.3) is 0 Å². The number of carbonyl (C=O) groups excluding carboxylic acids is 1. The first-order chi connectivity index (χ1) is 5.50. The van der Waals surface area contributed by atoms with Crippen molar-refractivity contribution >= 4 is 17.7 Å². The summed E-state index contributed by atoms with van der Waals surface area (Å²) in [5, 5.41) is 0. The zero-order valence-electron chi connectivity index (χ0n) is 8.55. The average molecular weight is 189 g/mol. The molecule has 0 aromatic rings. The molecule has 1 unspecified atom stereocenters. The van der Waals surface area contributed by atoms with Crippen molar-refractivity contribution in [2.45, 2.75) is 33.7 Å². The van der Waals surface area contributed by atoms with Crippen LogP contribution in [0.5, 0.6) is 0 Å². The molecular weight excluding hydrogens is 170 g/mol. The van der Waals surface area contributed by atoms with Gasteiger partial charge in [0.1, 0.15) is 0 Å². The zero-order chi connectivity index (χ0) is 9.72. The second kappa shape index (κ2) is 5.60. The number of hydrogen-bond acceptors (Lipinski definition) is 3. The Labute approximate surface area is 79.6 Å². The van der Waals surface area contributed by atoms with E-state index in [2.05, 4.69) is 18.6 Å². The average Bonchev–Trinajstić information content (AvgIpc) is 1.98. The molecule has 0 aliphatic heterocycles. The van der Waals surface area contributed by atoms with Gasteiger partial charge in [-0.15, -0.1) is 0 Å². The van der Waals surface area contributed by atoms with Crippen molar-refractivity contribution in [2.24, 2.45) is 11.8 Å². The van der Waals surface area contributed by atoms with E-state index in [9.17, 15) is 4.79 Å². The molecule has 0 aromatic heterocycles. The standard InChI is InChI=1S/C9H19NOS/c1-6(2)8(10-12-5)9(11)7(3)4/h6-8,10H,1-5H3. The fourth-order valence-corrected chi connectivity index (χ4v) is 1.65. The Bertz CT molecular complexity index is 145. The number of nitrogens with one attached hydrogen (secondary N) is 1. The second-order valence-electron chi connectivity index (χ2n) is 3.60. The van der Waals surface area contributed by atoms with Gasteiger partial charge in [0.05, 0.1) is 6.04 Å². The Kier molecular flexibility index (Phi) is 5.59. The summed E-state index contributed by atoms with van der Waals surface area (Å²) >= 11 is 1.51. The summed E-state index contributed by atoms with van der Waals surface area (Å²) < 4.78 is 3.13. The Morgan fingerprint density at radius 3 is 2.00 bits per heavy atom. The van der Waals surface area contributed by atoms with Gasteiger partial charge in [-0.3, -0.25) is 9.52 Å². The highest BCUT2D eigenvalue weighted by Crippen LogP contribution is 2.10. The van der Waals surface area contributed by atoms with Gasteiger partial charge < -0.3 is 0 Å². The van der Waals surface area contributed by atoms with Crippen LogP contribution in [0.4, 0.5) is 0 Å². The van der Waals surface area contributed by atoms with Crippen LogP contribution in [0.25, 0.3) is 0 Å². The van der Waals surface area contributed by atoms with Crippen molar-refractivity contribution in [3.8, 4) is 0 Å². The fourth-order valence-electron chi connectivity index (χ4n) is 1.01. The molecule has 0 aliphatic carbocycles. The highest BCUT2D eigenvalue weighted by Gasteiger charge is 2.23. The highest BCUT2D eigenvalue weighted by molar-refractivity contribution is 7.96. The van der Waals surface area contributed by atoms with Gasteiger partial charge in [-0.1, -0.05) is 39.6 Å². The molecule has 0 radical (unpaired) electrons. The maximum absolute atomic E-state index is 11.6. The first kappa shape index (κ1) is 12.0. The van der Waals surface area contributed by atoms with Crippen LogP contribution in [0.3, 0.4) is 0 Å². The Morgan fingerprint density at radius 1 is 1.25 bits per heavy atom. The molecule has 0 amide bonds. The lowest BCUT2D eigenvalue weighted by molar-refractivity contribution is -0.124. The predicted octanol–water partition coefficient (Wildman–Crippen LogP) is 2.10. The molecule has 0 saturated carbocycles. The Morgan fingerprint density at radius 2 is 1.75 bits per heavy atom. The molecule has 12 heavy (non-hydrogen) atoms. The minimum Gasteiger partial charge on any atom is -0.298 e. The van der Waals surface area contributed by atoms with Crippen LogP contribution in [0.15, 0.2) is 0 Å². The molecule has 3 heteroatoms. The largest absolute Gasteiger partial charge is 0.298 e. The van der Waals surface area contributed by atoms with E-state index in [-0.39, 0.29) is 12.0 Å². The molecule has 0 heterocycles. The molecule has 1 atom stereocenters. The zero-order valence-corrected chi connectivity index (χ0v) is 9.37. The molecule has 72 valence electrons. The number of hydrogen-bond donors (Lipinski definition) is 1. The van der Waals surface area contributed by atoms with Gasteiger partial charge in [0.15, 0.2) is 5.78 Å². The predicted molar refractivity (Wildman–Crippen MR) is 55.1 cm³/mol. The van der Waals surface area contributed by atoms with Gasteiger partial charge in [0.2, 0.25) is 0 Å². The van der Waals surface area contributed by atoms with Crippen LogP contribution in [0.1, 0.15) is 27.7 Å². The Balaban J connectivity index is 4.19. The van der Waals surface area contributed by atoms with Crippen molar-refractivity contribution < 1.29 is 4.79 Å². The summed E-state index contributed by atoms with van der Waals surface area (Å²) in [4.78, 5) is 11.6. The van der Waals surface area contributed by atoms with Crippen molar-refractivity contribution in [3.63, 3.8) is 0 Å². The lowest BCUT2D eigenvalue weighted by atomic mass is 9.94. The monoisotopic (exact) mass is 189 g/mol. The van der Waals surface area contributed by atoms with Gasteiger partial charge in [0, 0.05) is 5.92 Å². The minimum atomic E-state index is -0.000000000000000444. The summed E-state index contributed by atoms with van der Waals surface area (Å²) in [7, 11) is 0. The lowest BCUT2D eigenvalue weighted by Gasteiger charge is -2.21. The highest BCUT2D eigenvalue weighted by atomic mass is 32.2. The van der Waals surface area contributed by atoms with E-state index in [4.69, 9.17) is 0 Å². The summed E-state index contributed by atoms with van der Waals surface area (Å²) in [5.74, 6) is 0.795. The van der Waals surface area contributed by atoms with Gasteiger partial charge >= 0.3 is 0 Å². The molecule has 0 rings (SSSR count). The third-order valence-corrected chi connectivity index (χ3v) is 2.28.